The predicted octanol–water partition coefficient (Wildman–Crippen LogP) is 3.61. The molecule has 6 nitrogen and oxygen atoms in total. The summed E-state index contributed by atoms with van der Waals surface area (Å²) >= 11 is 6.49. The van der Waals surface area contributed by atoms with Crippen molar-refractivity contribution >= 4 is 17.5 Å². The molecule has 1 saturated heterocycles. The lowest BCUT2D eigenvalue weighted by molar-refractivity contribution is -0.124. The third-order valence-corrected chi connectivity index (χ3v) is 5.24. The van der Waals surface area contributed by atoms with E-state index < -0.39 is 0 Å². The lowest BCUT2D eigenvalue weighted by Gasteiger charge is -2.23. The average molecular weight is 426 g/mol. The molecule has 29 heavy (non-hydrogen) atoms. The third-order valence-electron chi connectivity index (χ3n) is 4.89. The van der Waals surface area contributed by atoms with Crippen molar-refractivity contribution in [3.05, 3.63) is 22.7 Å². The molecule has 1 unspecified atom stereocenters. The fraction of sp³-hybridized carbons (Fsp3) is 0.682. The largest absolute Gasteiger partial charge is 0.490 e. The first-order valence-electron chi connectivity index (χ1n) is 10.6. The van der Waals surface area contributed by atoms with Gasteiger partial charge >= 0.3 is 0 Å². The van der Waals surface area contributed by atoms with Gasteiger partial charge in [-0.05, 0) is 65.3 Å². The molecule has 1 aliphatic rings. The Hall–Kier alpha value is -1.50. The Labute approximate surface area is 180 Å². The molecule has 2 rings (SSSR count). The molecule has 1 atom stereocenters. The predicted molar refractivity (Wildman–Crippen MR) is 118 cm³/mol. The average Bonchev–Trinajstić information content (AvgIpc) is 3.09. The van der Waals surface area contributed by atoms with Crippen molar-refractivity contribution in [1.82, 2.24) is 15.5 Å². The van der Waals surface area contributed by atoms with Crippen LogP contribution in [0.2, 0.25) is 5.02 Å². The number of nitrogens with one attached hydrogen (secondary N) is 2. The molecule has 1 amide bonds. The first kappa shape index (κ1) is 23.8. The van der Waals surface area contributed by atoms with E-state index >= 15 is 0 Å². The second-order valence-electron chi connectivity index (χ2n) is 8.47. The summed E-state index contributed by atoms with van der Waals surface area (Å²) < 4.78 is 11.4. The molecule has 1 heterocycles. The summed E-state index contributed by atoms with van der Waals surface area (Å²) in [4.78, 5) is 14.6. The van der Waals surface area contributed by atoms with Gasteiger partial charge in [-0.2, -0.15) is 0 Å². The normalized spacial score (nSPS) is 17.4. The number of ether oxygens (including phenoxy) is 2. The second-order valence-corrected chi connectivity index (χ2v) is 8.87. The van der Waals surface area contributed by atoms with Crippen LogP contribution in [0.15, 0.2) is 12.1 Å². The molecule has 0 aliphatic carbocycles. The highest BCUT2D eigenvalue weighted by molar-refractivity contribution is 6.31. The van der Waals surface area contributed by atoms with Gasteiger partial charge in [0.2, 0.25) is 0 Å². The van der Waals surface area contributed by atoms with E-state index in [0.29, 0.717) is 35.7 Å². The number of hydrogen-bond acceptors (Lipinski definition) is 5. The van der Waals surface area contributed by atoms with Crippen LogP contribution in [0.1, 0.15) is 53.0 Å². The Balaban J connectivity index is 1.98. The SMILES string of the molecule is CCOc1cc(CNCC2CCCN2CC)c(Cl)cc1OCC(=O)NC(C)(C)C. The van der Waals surface area contributed by atoms with E-state index in [4.69, 9.17) is 21.1 Å². The van der Waals surface area contributed by atoms with E-state index in [1.54, 1.807) is 6.07 Å². The van der Waals surface area contributed by atoms with Gasteiger partial charge in [-0.25, -0.2) is 0 Å². The van der Waals surface area contributed by atoms with Crippen LogP contribution in [0.4, 0.5) is 0 Å². The summed E-state index contributed by atoms with van der Waals surface area (Å²) in [6, 6.07) is 4.23. The highest BCUT2D eigenvalue weighted by Crippen LogP contribution is 2.33. The van der Waals surface area contributed by atoms with Crippen molar-refractivity contribution < 1.29 is 14.3 Å². The van der Waals surface area contributed by atoms with Crippen LogP contribution in [-0.4, -0.2) is 55.2 Å². The fourth-order valence-electron chi connectivity index (χ4n) is 3.61. The van der Waals surface area contributed by atoms with Crippen LogP contribution < -0.4 is 20.1 Å². The summed E-state index contributed by atoms with van der Waals surface area (Å²) in [5, 5.41) is 7.01. The van der Waals surface area contributed by atoms with E-state index in [1.807, 2.05) is 33.8 Å². The topological polar surface area (TPSA) is 62.8 Å². The third kappa shape index (κ3) is 7.68. The minimum absolute atomic E-state index is 0.0835. The first-order valence-corrected chi connectivity index (χ1v) is 10.9. The zero-order valence-electron chi connectivity index (χ0n) is 18.4. The molecule has 1 fully saturated rings. The smallest absolute Gasteiger partial charge is 0.258 e. The fourth-order valence-corrected chi connectivity index (χ4v) is 3.83. The summed E-state index contributed by atoms with van der Waals surface area (Å²) in [7, 11) is 0. The van der Waals surface area contributed by atoms with E-state index in [1.165, 1.54) is 19.4 Å². The number of nitrogens with zero attached hydrogens (tertiary/aromatic N) is 1. The summed E-state index contributed by atoms with van der Waals surface area (Å²) in [6.07, 6.45) is 2.51. The second kappa shape index (κ2) is 11.0. The van der Waals surface area contributed by atoms with E-state index in [-0.39, 0.29) is 18.1 Å². The molecule has 0 radical (unpaired) electrons. The van der Waals surface area contributed by atoms with Crippen LogP contribution in [0.5, 0.6) is 11.5 Å². The molecule has 2 N–H and O–H groups in total. The van der Waals surface area contributed by atoms with Gasteiger partial charge in [-0.15, -0.1) is 0 Å². The lowest BCUT2D eigenvalue weighted by Crippen LogP contribution is -2.43. The molecule has 1 aliphatic heterocycles. The zero-order chi connectivity index (χ0) is 21.4. The number of rotatable bonds is 10. The first-order chi connectivity index (χ1) is 13.7. The molecule has 0 aromatic heterocycles. The Kier molecular flexibility index (Phi) is 9.05. The molecule has 164 valence electrons. The Morgan fingerprint density at radius 2 is 1.97 bits per heavy atom. The van der Waals surface area contributed by atoms with E-state index in [0.717, 1.165) is 18.7 Å². The van der Waals surface area contributed by atoms with E-state index in [2.05, 4.69) is 22.5 Å². The van der Waals surface area contributed by atoms with Gasteiger partial charge in [0, 0.05) is 35.8 Å². The standard InChI is InChI=1S/C22H36ClN3O3/c1-6-26-10-8-9-17(26)14-24-13-16-11-19(28-7-2)20(12-18(16)23)29-15-21(27)25-22(3,4)5/h11-12,17,24H,6-10,13-15H2,1-5H3,(H,25,27). The quantitative estimate of drug-likeness (QED) is 0.599. The summed E-state index contributed by atoms with van der Waals surface area (Å²) in [5.41, 5.74) is 0.658. The number of carbonyl (C=O) groups is 1. The Bertz CT molecular complexity index is 676. The van der Waals surface area contributed by atoms with Crippen molar-refractivity contribution in [2.45, 2.75) is 65.6 Å². The van der Waals surface area contributed by atoms with Crippen molar-refractivity contribution in [2.75, 3.05) is 32.8 Å². The maximum Gasteiger partial charge on any atom is 0.258 e. The number of benzene rings is 1. The molecular formula is C22H36ClN3O3. The highest BCUT2D eigenvalue weighted by Gasteiger charge is 2.22. The van der Waals surface area contributed by atoms with Crippen LogP contribution in [0.25, 0.3) is 0 Å². The number of hydrogen-bond donors (Lipinski definition) is 2. The van der Waals surface area contributed by atoms with Crippen molar-refractivity contribution in [2.24, 2.45) is 0 Å². The zero-order valence-corrected chi connectivity index (χ0v) is 19.2. The van der Waals surface area contributed by atoms with E-state index in [9.17, 15) is 4.79 Å². The van der Waals surface area contributed by atoms with Gasteiger partial charge in [0.25, 0.3) is 5.91 Å². The number of halogens is 1. The maximum absolute atomic E-state index is 12.0. The van der Waals surface area contributed by atoms with Crippen LogP contribution in [0.3, 0.4) is 0 Å². The minimum atomic E-state index is -0.303. The minimum Gasteiger partial charge on any atom is -0.490 e. The number of amides is 1. The molecule has 0 spiro atoms. The van der Waals surface area contributed by atoms with Crippen molar-refractivity contribution in [3.8, 4) is 11.5 Å². The molecule has 7 heteroatoms. The Morgan fingerprint density at radius 1 is 1.24 bits per heavy atom. The van der Waals surface area contributed by atoms with Crippen LogP contribution in [-0.2, 0) is 11.3 Å². The van der Waals surface area contributed by atoms with Gasteiger partial charge in [-0.3, -0.25) is 9.69 Å². The number of likely N-dealkylation sites (tertiary alicyclic amines) is 1. The highest BCUT2D eigenvalue weighted by atomic mass is 35.5. The maximum atomic E-state index is 12.0. The van der Waals surface area contributed by atoms with Gasteiger partial charge in [-0.1, -0.05) is 18.5 Å². The lowest BCUT2D eigenvalue weighted by atomic mass is 10.1. The molecule has 1 aromatic rings. The van der Waals surface area contributed by atoms with Crippen LogP contribution >= 0.6 is 11.6 Å². The molecule has 1 aromatic carbocycles. The van der Waals surface area contributed by atoms with Gasteiger partial charge in [0.1, 0.15) is 0 Å². The molecule has 0 bridgehead atoms. The number of likely N-dealkylation sites (N-methyl/N-ethyl adjacent to an activating group) is 1. The molecular weight excluding hydrogens is 390 g/mol. The van der Waals surface area contributed by atoms with Gasteiger partial charge in [0.05, 0.1) is 6.61 Å². The summed E-state index contributed by atoms with van der Waals surface area (Å²) in [6.45, 7) is 14.2. The molecule has 0 saturated carbocycles. The Morgan fingerprint density at radius 3 is 2.62 bits per heavy atom. The summed E-state index contributed by atoms with van der Waals surface area (Å²) in [5.74, 6) is 0.907. The van der Waals surface area contributed by atoms with Crippen molar-refractivity contribution in [1.29, 1.82) is 0 Å². The van der Waals surface area contributed by atoms with Crippen molar-refractivity contribution in [3.63, 3.8) is 0 Å². The van der Waals surface area contributed by atoms with Crippen LogP contribution in [0, 0.1) is 0 Å². The van der Waals surface area contributed by atoms with Gasteiger partial charge < -0.3 is 20.1 Å². The van der Waals surface area contributed by atoms with Gasteiger partial charge in [0.15, 0.2) is 18.1 Å². The number of carbonyl (C=O) groups excluding carboxylic acids is 1. The monoisotopic (exact) mass is 425 g/mol.